The van der Waals surface area contributed by atoms with Crippen molar-refractivity contribution in [2.45, 2.75) is 11.6 Å². The first kappa shape index (κ1) is 10.1. The second-order valence-corrected chi connectivity index (χ2v) is 5.71. The molecule has 0 bridgehead atoms. The lowest BCUT2D eigenvalue weighted by Crippen LogP contribution is -2.21. The fourth-order valence-corrected chi connectivity index (χ4v) is 3.81. The smallest absolute Gasteiger partial charge is 0.609 e. The zero-order valence-electron chi connectivity index (χ0n) is 5.63. The molecular formula is C4H7Al3O2. The van der Waals surface area contributed by atoms with Crippen molar-refractivity contribution in [3.05, 3.63) is 0 Å². The van der Waals surface area contributed by atoms with Crippen LogP contribution >= 0.6 is 0 Å². The zero-order valence-corrected chi connectivity index (χ0v) is 9.09. The van der Waals surface area contributed by atoms with Crippen LogP contribution in [-0.4, -0.2) is 45.9 Å². The molecule has 0 aliphatic carbocycles. The lowest BCUT2D eigenvalue weighted by atomic mass is 11.4. The third-order valence-electron chi connectivity index (χ3n) is 0.655. The molecule has 9 heavy (non-hydrogen) atoms. The Morgan fingerprint density at radius 1 is 1.56 bits per heavy atom. The lowest BCUT2D eigenvalue weighted by Gasteiger charge is -2.05. The van der Waals surface area contributed by atoms with Crippen LogP contribution in [-0.2, 0) is 5.68 Å². The molecule has 0 atom stereocenters. The van der Waals surface area contributed by atoms with Crippen LogP contribution < -0.4 is 0 Å². The fraction of sp³-hybridized carbons (Fsp3) is 0.500. The average molecular weight is 168 g/mol. The second-order valence-electron chi connectivity index (χ2n) is 1.36. The van der Waals surface area contributed by atoms with Gasteiger partial charge in [-0.1, -0.05) is 11.6 Å². The van der Waals surface area contributed by atoms with Crippen molar-refractivity contribution in [2.75, 3.05) is 0 Å². The highest BCUT2D eigenvalue weighted by atomic mass is 27.3. The van der Waals surface area contributed by atoms with Gasteiger partial charge < -0.3 is 5.68 Å². The normalized spacial score (nSPS) is 7.67. The van der Waals surface area contributed by atoms with Crippen LogP contribution in [0.15, 0.2) is 0 Å². The van der Waals surface area contributed by atoms with Gasteiger partial charge >= 0.3 is 45.9 Å². The van der Waals surface area contributed by atoms with Gasteiger partial charge in [0.05, 0.1) is 0 Å². The van der Waals surface area contributed by atoms with E-state index in [-0.39, 0.29) is 31.1 Å². The van der Waals surface area contributed by atoms with Crippen molar-refractivity contribution in [3.8, 4) is 11.2 Å². The summed E-state index contributed by atoms with van der Waals surface area (Å²) in [6.07, 6.45) is 5.01. The van der Waals surface area contributed by atoms with Gasteiger partial charge in [-0.3, -0.25) is 0 Å². The molecule has 0 N–H and O–H groups in total. The second kappa shape index (κ2) is 7.19. The zero-order chi connectivity index (χ0) is 7.11. The molecule has 0 saturated heterocycles. The highest BCUT2D eigenvalue weighted by Gasteiger charge is 2.12. The van der Waals surface area contributed by atoms with Crippen molar-refractivity contribution in [1.82, 2.24) is 0 Å². The van der Waals surface area contributed by atoms with E-state index in [9.17, 15) is 0 Å². The number of rotatable bonds is 4. The average Bonchev–Trinajstić information content (AvgIpc) is 1.85. The molecule has 0 rings (SSSR count). The van der Waals surface area contributed by atoms with Crippen LogP contribution in [0.25, 0.3) is 0 Å². The van der Waals surface area contributed by atoms with Gasteiger partial charge in [-0.05, 0) is 0 Å². The van der Waals surface area contributed by atoms with Crippen molar-refractivity contribution < 1.29 is 5.68 Å². The van der Waals surface area contributed by atoms with Gasteiger partial charge in [0.25, 0.3) is 0 Å². The van der Waals surface area contributed by atoms with Crippen LogP contribution in [0.2, 0.25) is 11.6 Å². The summed E-state index contributed by atoms with van der Waals surface area (Å²) in [6.45, 7) is 0. The third-order valence-corrected chi connectivity index (χ3v) is 5.49. The molecule has 2 nitrogen and oxygen atoms in total. The van der Waals surface area contributed by atoms with Crippen LogP contribution in [0.4, 0.5) is 0 Å². The van der Waals surface area contributed by atoms with Crippen molar-refractivity contribution in [1.29, 1.82) is 0 Å². The molecule has 0 unspecified atom stereocenters. The van der Waals surface area contributed by atoms with Crippen LogP contribution in [0, 0.1) is 11.2 Å². The molecule has 0 fully saturated rings. The van der Waals surface area contributed by atoms with E-state index < -0.39 is 14.8 Å². The molecule has 0 amide bonds. The molecular weight excluding hydrogens is 161 g/mol. The third kappa shape index (κ3) is 6.97. The van der Waals surface area contributed by atoms with Gasteiger partial charge in [-0.15, -0.1) is 6.42 Å². The van der Waals surface area contributed by atoms with Crippen LogP contribution in [0.5, 0.6) is 0 Å². The Kier molecular flexibility index (Phi) is 8.05. The Morgan fingerprint density at radius 3 is 2.67 bits per heavy atom. The minimum Gasteiger partial charge on any atom is -0.622 e. The Bertz CT molecular complexity index is 100. The Labute approximate surface area is 74.1 Å². The Morgan fingerprint density at radius 2 is 2.22 bits per heavy atom. The van der Waals surface area contributed by atoms with Crippen molar-refractivity contribution >= 4 is 45.9 Å². The topological polar surface area (TPSA) is 18.5 Å². The molecule has 0 spiro atoms. The molecule has 0 aliphatic rings. The molecule has 0 aromatic heterocycles. The highest BCUT2D eigenvalue weighted by Crippen LogP contribution is 1.83. The maximum absolute atomic E-state index is 5.27. The quantitative estimate of drug-likeness (QED) is 0.435. The predicted molar refractivity (Wildman–Crippen MR) is 40.0 cm³/mol. The summed E-state index contributed by atoms with van der Waals surface area (Å²) >= 11 is -1.41. The predicted octanol–water partition coefficient (Wildman–Crippen LogP) is 0.0148. The molecule has 44 valence electrons. The van der Waals surface area contributed by atoms with Gasteiger partial charge in [-0.2, -0.15) is 4.78 Å². The van der Waals surface area contributed by atoms with Gasteiger partial charge in [-0.25, -0.2) is 0 Å². The van der Waals surface area contributed by atoms with E-state index in [1.807, 2.05) is 11.6 Å². The molecule has 0 aliphatic heterocycles. The van der Waals surface area contributed by atoms with Gasteiger partial charge in [0, 0.05) is 0 Å². The fourth-order valence-electron chi connectivity index (χ4n) is 0.359. The van der Waals surface area contributed by atoms with E-state index in [0.717, 1.165) is 0 Å². The minimum absolute atomic E-state index is 0.125. The summed E-state index contributed by atoms with van der Waals surface area (Å²) in [6, 6.07) is 0. The molecule has 0 heterocycles. The summed E-state index contributed by atoms with van der Waals surface area (Å²) in [4.78, 5) is 2.48. The maximum Gasteiger partial charge on any atom is 0.609 e. The summed E-state index contributed by atoms with van der Waals surface area (Å²) in [5, 5.41) is 0. The first-order valence-electron chi connectivity index (χ1n) is 2.67. The summed E-state index contributed by atoms with van der Waals surface area (Å²) in [7, 11) is 0. The number of hydrogen-bond donors (Lipinski definition) is 0. The number of terminal acetylenes is 1. The van der Waals surface area contributed by atoms with Gasteiger partial charge in [0.15, 0.2) is 0 Å². The Hall–Kier alpha value is 1.08. The van der Waals surface area contributed by atoms with E-state index in [4.69, 9.17) is 12.1 Å². The van der Waals surface area contributed by atoms with E-state index in [2.05, 4.69) is 4.78 Å². The molecule has 5 heteroatoms. The monoisotopic (exact) mass is 168 g/mol. The SMILES string of the molecule is C#[C][Al][O][Al]([CH3])[O][Al][CH3]. The standard InChI is InChI=1S/C2H.2CH3.3Al.2O/c1-2;;;;;;;/h1H;2*1H3;;;;;. The van der Waals surface area contributed by atoms with E-state index in [1.165, 1.54) is 0 Å². The largest absolute Gasteiger partial charge is 0.622 e. The molecule has 0 aromatic rings. The summed E-state index contributed by atoms with van der Waals surface area (Å²) in [5.41, 5.74) is 0. The summed E-state index contributed by atoms with van der Waals surface area (Å²) in [5.74, 6) is 4.04. The Balaban J connectivity index is 3.07. The highest BCUT2D eigenvalue weighted by molar-refractivity contribution is 6.59. The first-order valence-corrected chi connectivity index (χ1v) is 7.45. The van der Waals surface area contributed by atoms with E-state index in [0.29, 0.717) is 0 Å². The van der Waals surface area contributed by atoms with E-state index in [1.54, 1.807) is 0 Å². The van der Waals surface area contributed by atoms with Gasteiger partial charge in [0.1, 0.15) is 0 Å². The summed E-state index contributed by atoms with van der Waals surface area (Å²) < 4.78 is 10.5. The van der Waals surface area contributed by atoms with Crippen LogP contribution in [0.3, 0.4) is 0 Å². The van der Waals surface area contributed by atoms with Crippen LogP contribution in [0.1, 0.15) is 0 Å². The van der Waals surface area contributed by atoms with Crippen molar-refractivity contribution in [3.63, 3.8) is 0 Å². The van der Waals surface area contributed by atoms with Crippen molar-refractivity contribution in [2.24, 2.45) is 0 Å². The molecule has 0 aromatic carbocycles. The molecule has 0 saturated carbocycles. The van der Waals surface area contributed by atoms with E-state index >= 15 is 0 Å². The lowest BCUT2D eigenvalue weighted by molar-refractivity contribution is 0.469. The minimum atomic E-state index is -1.29. The number of hydrogen-bond acceptors (Lipinski definition) is 2. The molecule has 2 radical (unpaired) electrons. The first-order chi connectivity index (χ1) is 4.31. The maximum atomic E-state index is 5.27. The van der Waals surface area contributed by atoms with Gasteiger partial charge in [0.2, 0.25) is 0 Å².